The van der Waals surface area contributed by atoms with Crippen LogP contribution in [0.3, 0.4) is 0 Å². The zero-order chi connectivity index (χ0) is 21.0. The summed E-state index contributed by atoms with van der Waals surface area (Å²) in [6.45, 7) is 0. The number of hydrogen-bond acceptors (Lipinski definition) is 4. The minimum Gasteiger partial charge on any atom is -0.575 e. The van der Waals surface area contributed by atoms with Crippen molar-refractivity contribution in [2.45, 2.75) is 0 Å². The molecule has 156 valence electrons. The third-order valence-corrected chi connectivity index (χ3v) is 3.87. The van der Waals surface area contributed by atoms with Gasteiger partial charge in [0, 0.05) is 0 Å². The van der Waals surface area contributed by atoms with E-state index in [0.717, 1.165) is 11.4 Å². The van der Waals surface area contributed by atoms with Gasteiger partial charge < -0.3 is 21.1 Å². The van der Waals surface area contributed by atoms with Gasteiger partial charge in [-0.25, -0.2) is 0 Å². The molecule has 0 unspecified atom stereocenters. The molecule has 2 N–H and O–H groups in total. The summed E-state index contributed by atoms with van der Waals surface area (Å²) in [5.74, 6) is 0. The fraction of sp³-hybridized carbons (Fsp3) is 0. The van der Waals surface area contributed by atoms with Gasteiger partial charge in [-0.2, -0.15) is 0 Å². The van der Waals surface area contributed by atoms with Crippen LogP contribution in [0.5, 0.6) is 0 Å². The topological polar surface area (TPSA) is 101 Å². The van der Waals surface area contributed by atoms with Crippen LogP contribution in [0.4, 0.5) is 11.4 Å². The van der Waals surface area contributed by atoms with Crippen LogP contribution in [0.25, 0.3) is 10.9 Å². The molecule has 0 heterocycles. The van der Waals surface area contributed by atoms with Crippen LogP contribution in [0.1, 0.15) is 0 Å². The summed E-state index contributed by atoms with van der Waals surface area (Å²) in [5, 5.41) is 23.2. The number of nitrogens with zero attached hydrogens (tertiary/aromatic N) is 4. The smallest absolute Gasteiger partial charge is 0.575 e. The van der Waals surface area contributed by atoms with E-state index in [0.29, 0.717) is 22.8 Å². The van der Waals surface area contributed by atoms with Crippen molar-refractivity contribution >= 4 is 34.2 Å². The normalized spacial score (nSPS) is 16.5. The van der Waals surface area contributed by atoms with Crippen molar-refractivity contribution in [3.05, 3.63) is 120 Å². The Morgan fingerprint density at radius 1 is 0.516 bits per heavy atom. The zero-order valence-corrected chi connectivity index (χ0v) is 18.1. The molecule has 31 heavy (non-hydrogen) atoms. The maximum absolute atomic E-state index is 7.58. The Balaban J connectivity index is 0.000000213. The number of nitrogens with one attached hydrogen (secondary N) is 2. The van der Waals surface area contributed by atoms with Crippen LogP contribution < -0.4 is 0 Å². The minimum absolute atomic E-state index is 0. The fourth-order valence-electron chi connectivity index (χ4n) is 2.33. The predicted molar refractivity (Wildman–Crippen MR) is 126 cm³/mol. The van der Waals surface area contributed by atoms with Gasteiger partial charge in [-0.15, -0.1) is 11.4 Å². The molecule has 6 nitrogen and oxygen atoms in total. The second kappa shape index (κ2) is 12.8. The monoisotopic (exact) mass is 498 g/mol. The molecule has 0 radical (unpaired) electrons. The Hall–Kier alpha value is -3.66. The van der Waals surface area contributed by atoms with Crippen LogP contribution in [-0.2, 0) is 20.4 Å². The van der Waals surface area contributed by atoms with Crippen LogP contribution in [0.15, 0.2) is 119 Å². The first-order valence-electron chi connectivity index (χ1n) is 9.27. The van der Waals surface area contributed by atoms with E-state index < -0.39 is 0 Å². The Kier molecular flexibility index (Phi) is 9.76. The van der Waals surface area contributed by atoms with E-state index in [1.165, 1.54) is 0 Å². The van der Waals surface area contributed by atoms with Gasteiger partial charge in [0.25, 0.3) is 0 Å². The van der Waals surface area contributed by atoms with Crippen LogP contribution >= 0.6 is 0 Å². The van der Waals surface area contributed by atoms with Gasteiger partial charge in [0.1, 0.15) is 0 Å². The molecule has 0 aliphatic heterocycles. The average molecular weight is 499 g/mol. The second-order valence-corrected chi connectivity index (χ2v) is 6.11. The molecule has 0 amide bonds. The molecule has 2 aromatic carbocycles. The summed E-state index contributed by atoms with van der Waals surface area (Å²) in [7, 11) is 0. The van der Waals surface area contributed by atoms with Gasteiger partial charge in [-0.3, -0.25) is 10.8 Å². The molecule has 0 aromatic heterocycles. The average Bonchev–Trinajstić information content (AvgIpc) is 2.80. The molecular formula is C24H20N6Pd. The van der Waals surface area contributed by atoms with E-state index in [2.05, 4.69) is 21.1 Å². The number of allylic oxidation sites excluding steroid dienone is 8. The second-order valence-electron chi connectivity index (χ2n) is 6.11. The van der Waals surface area contributed by atoms with Crippen molar-refractivity contribution in [2.24, 2.45) is 10.2 Å². The SMILES string of the molecule is N=C1C=CC=C/C1=N/[N-]c1ccccc1.N=C1C=CC=C/C1=N/[N-]c1ccccc1.[Pd+2]. The molecule has 0 saturated carbocycles. The maximum Gasteiger partial charge on any atom is 2.00 e. The summed E-state index contributed by atoms with van der Waals surface area (Å²) in [6, 6.07) is 19.0. The van der Waals surface area contributed by atoms with Crippen LogP contribution in [0, 0.1) is 10.8 Å². The quantitative estimate of drug-likeness (QED) is 0.277. The first-order valence-corrected chi connectivity index (χ1v) is 9.27. The van der Waals surface area contributed by atoms with Gasteiger partial charge in [-0.1, -0.05) is 85.0 Å². The molecule has 0 bridgehead atoms. The first kappa shape index (κ1) is 23.6. The Morgan fingerprint density at radius 3 is 1.23 bits per heavy atom. The molecule has 2 aliphatic carbocycles. The van der Waals surface area contributed by atoms with E-state index in [4.69, 9.17) is 10.8 Å². The molecule has 0 atom stereocenters. The standard InChI is InChI=1S/2C12H10N3.Pd/c2*13-11-8-4-5-9-12(11)15-14-10-6-2-1-3-7-10;/h2*1-9,13H;/q2*-1;+2/b2*13-11?,15-12-;. The number of benzene rings is 2. The molecule has 7 heteroatoms. The number of hydrogen-bond donors (Lipinski definition) is 2. The van der Waals surface area contributed by atoms with E-state index in [1.54, 1.807) is 24.3 Å². The molecule has 0 fully saturated rings. The van der Waals surface area contributed by atoms with Crippen molar-refractivity contribution < 1.29 is 20.4 Å². The van der Waals surface area contributed by atoms with E-state index in [9.17, 15) is 0 Å². The van der Waals surface area contributed by atoms with Gasteiger partial charge >= 0.3 is 20.4 Å². The van der Waals surface area contributed by atoms with Gasteiger partial charge in [-0.05, 0) is 24.3 Å². The Bertz CT molecular complexity index is 976. The zero-order valence-electron chi connectivity index (χ0n) is 16.5. The van der Waals surface area contributed by atoms with Crippen molar-refractivity contribution in [2.75, 3.05) is 0 Å². The molecule has 2 aromatic rings. The van der Waals surface area contributed by atoms with Gasteiger partial charge in [0.05, 0.1) is 22.8 Å². The summed E-state index contributed by atoms with van der Waals surface area (Å²) in [4.78, 5) is 0. The predicted octanol–water partition coefficient (Wildman–Crippen LogP) is 6.38. The summed E-state index contributed by atoms with van der Waals surface area (Å²) in [5.41, 5.74) is 11.6. The third-order valence-electron chi connectivity index (χ3n) is 3.87. The van der Waals surface area contributed by atoms with Gasteiger partial charge in [0.2, 0.25) is 0 Å². The van der Waals surface area contributed by atoms with E-state index in [1.807, 2.05) is 85.0 Å². The van der Waals surface area contributed by atoms with Crippen molar-refractivity contribution in [1.29, 1.82) is 10.8 Å². The Labute approximate surface area is 195 Å². The number of rotatable bonds is 4. The third kappa shape index (κ3) is 7.94. The molecular weight excluding hydrogens is 479 g/mol. The first-order chi connectivity index (χ1) is 14.7. The van der Waals surface area contributed by atoms with Crippen molar-refractivity contribution in [1.82, 2.24) is 0 Å². The van der Waals surface area contributed by atoms with Crippen LogP contribution in [0.2, 0.25) is 0 Å². The van der Waals surface area contributed by atoms with E-state index >= 15 is 0 Å². The van der Waals surface area contributed by atoms with Crippen molar-refractivity contribution in [3.63, 3.8) is 0 Å². The summed E-state index contributed by atoms with van der Waals surface area (Å²) in [6.07, 6.45) is 14.2. The van der Waals surface area contributed by atoms with Crippen molar-refractivity contribution in [3.8, 4) is 0 Å². The summed E-state index contributed by atoms with van der Waals surface area (Å²) >= 11 is 0. The largest absolute Gasteiger partial charge is 2.00 e. The fourth-order valence-corrected chi connectivity index (χ4v) is 2.33. The van der Waals surface area contributed by atoms with E-state index in [-0.39, 0.29) is 20.4 Å². The Morgan fingerprint density at radius 2 is 0.871 bits per heavy atom. The molecule has 0 spiro atoms. The minimum atomic E-state index is 0. The molecule has 4 rings (SSSR count). The van der Waals surface area contributed by atoms with Crippen LogP contribution in [-0.4, -0.2) is 22.8 Å². The maximum atomic E-state index is 7.58. The van der Waals surface area contributed by atoms with Gasteiger partial charge in [0.15, 0.2) is 0 Å². The summed E-state index contributed by atoms with van der Waals surface area (Å²) < 4.78 is 0. The molecule has 2 aliphatic rings. The molecule has 0 saturated heterocycles.